The Hall–Kier alpha value is -3.03. The fraction of sp³-hybridized carbons (Fsp3) is 0.286. The van der Waals surface area contributed by atoms with E-state index in [-0.39, 0.29) is 12.5 Å². The Morgan fingerprint density at radius 1 is 1.29 bits per heavy atom. The number of aromatic nitrogens is 3. The second-order valence-corrected chi connectivity index (χ2v) is 6.84. The molecule has 0 aliphatic carbocycles. The fourth-order valence-corrected chi connectivity index (χ4v) is 3.15. The van der Waals surface area contributed by atoms with E-state index in [1.54, 1.807) is 25.3 Å². The Bertz CT molecular complexity index is 1020. The standard InChI is InChI=1S/C21H22N4O3/c1-14(26)10-24-21(27)17-4-2-16(3-5-17)20-23-12-18-11-22-19(13-25(18)20)15-6-8-28-9-7-15/h2-6,11-14,26H,7-10H2,1H3,(H,24,27). The molecule has 7 heteroatoms. The second-order valence-electron chi connectivity index (χ2n) is 6.84. The van der Waals surface area contributed by atoms with Crippen molar-refractivity contribution < 1.29 is 14.6 Å². The summed E-state index contributed by atoms with van der Waals surface area (Å²) < 4.78 is 7.39. The highest BCUT2D eigenvalue weighted by molar-refractivity contribution is 5.94. The van der Waals surface area contributed by atoms with Gasteiger partial charge in [-0.15, -0.1) is 0 Å². The Kier molecular flexibility index (Phi) is 5.18. The van der Waals surface area contributed by atoms with E-state index in [9.17, 15) is 9.90 Å². The number of rotatable bonds is 5. The van der Waals surface area contributed by atoms with E-state index in [1.807, 2.05) is 28.9 Å². The highest BCUT2D eigenvalue weighted by atomic mass is 16.5. The summed E-state index contributed by atoms with van der Waals surface area (Å²) in [5.74, 6) is 0.584. The van der Waals surface area contributed by atoms with Crippen molar-refractivity contribution in [3.8, 4) is 11.4 Å². The van der Waals surface area contributed by atoms with Crippen molar-refractivity contribution in [1.29, 1.82) is 0 Å². The van der Waals surface area contributed by atoms with Crippen molar-refractivity contribution >= 4 is 17.0 Å². The molecule has 1 amide bonds. The number of nitrogens with one attached hydrogen (secondary N) is 1. The first-order chi connectivity index (χ1) is 13.6. The molecule has 144 valence electrons. The fourth-order valence-electron chi connectivity index (χ4n) is 3.15. The lowest BCUT2D eigenvalue weighted by Gasteiger charge is -2.13. The number of benzene rings is 1. The van der Waals surface area contributed by atoms with E-state index in [0.29, 0.717) is 18.8 Å². The molecule has 1 atom stereocenters. The lowest BCUT2D eigenvalue weighted by molar-refractivity contribution is 0.0924. The van der Waals surface area contributed by atoms with E-state index in [4.69, 9.17) is 4.74 Å². The molecule has 2 N–H and O–H groups in total. The zero-order valence-corrected chi connectivity index (χ0v) is 15.6. The van der Waals surface area contributed by atoms with Crippen LogP contribution in [0, 0.1) is 0 Å². The van der Waals surface area contributed by atoms with E-state index in [0.717, 1.165) is 29.0 Å². The molecule has 0 spiro atoms. The molecule has 0 saturated carbocycles. The second kappa shape index (κ2) is 7.92. The van der Waals surface area contributed by atoms with E-state index in [1.165, 1.54) is 5.57 Å². The van der Waals surface area contributed by atoms with Crippen molar-refractivity contribution in [3.63, 3.8) is 0 Å². The number of aliphatic hydroxyl groups is 1. The average molecular weight is 378 g/mol. The molecule has 2 aromatic heterocycles. The summed E-state index contributed by atoms with van der Waals surface area (Å²) in [6, 6.07) is 7.27. The normalized spacial score (nSPS) is 15.3. The summed E-state index contributed by atoms with van der Waals surface area (Å²) in [5.41, 5.74) is 4.46. The third kappa shape index (κ3) is 3.81. The summed E-state index contributed by atoms with van der Waals surface area (Å²) >= 11 is 0. The van der Waals surface area contributed by atoms with Crippen molar-refractivity contribution in [1.82, 2.24) is 19.7 Å². The minimum Gasteiger partial charge on any atom is -0.392 e. The zero-order chi connectivity index (χ0) is 19.5. The number of fused-ring (bicyclic) bond motifs is 1. The number of hydrogen-bond acceptors (Lipinski definition) is 5. The Balaban J connectivity index is 1.61. The summed E-state index contributed by atoms with van der Waals surface area (Å²) in [6.45, 7) is 3.18. The van der Waals surface area contributed by atoms with Gasteiger partial charge in [0.25, 0.3) is 5.91 Å². The van der Waals surface area contributed by atoms with Crippen LogP contribution in [0.1, 0.15) is 29.4 Å². The maximum absolute atomic E-state index is 12.1. The van der Waals surface area contributed by atoms with Gasteiger partial charge in [-0.25, -0.2) is 4.98 Å². The Morgan fingerprint density at radius 2 is 2.07 bits per heavy atom. The van der Waals surface area contributed by atoms with Gasteiger partial charge in [0.05, 0.1) is 42.9 Å². The molecular formula is C21H22N4O3. The van der Waals surface area contributed by atoms with Crippen LogP contribution in [0.5, 0.6) is 0 Å². The van der Waals surface area contributed by atoms with Crippen molar-refractivity contribution in [2.45, 2.75) is 19.4 Å². The first-order valence-electron chi connectivity index (χ1n) is 9.29. The summed E-state index contributed by atoms with van der Waals surface area (Å²) in [7, 11) is 0. The Labute approximate surface area is 162 Å². The van der Waals surface area contributed by atoms with E-state index in [2.05, 4.69) is 21.4 Å². The van der Waals surface area contributed by atoms with Crippen LogP contribution in [0.4, 0.5) is 0 Å². The smallest absolute Gasteiger partial charge is 0.251 e. The number of carbonyl (C=O) groups is 1. The summed E-state index contributed by atoms with van der Waals surface area (Å²) in [6.07, 6.45) is 7.94. The molecule has 28 heavy (non-hydrogen) atoms. The van der Waals surface area contributed by atoms with Gasteiger partial charge in [-0.3, -0.25) is 14.2 Å². The van der Waals surface area contributed by atoms with Gasteiger partial charge in [-0.05, 0) is 31.1 Å². The first kappa shape index (κ1) is 18.3. The lowest BCUT2D eigenvalue weighted by atomic mass is 10.1. The molecule has 0 fully saturated rings. The SMILES string of the molecule is CC(O)CNC(=O)c1ccc(-c2ncc3cnc(C4=CCOCC4)cn23)cc1. The van der Waals surface area contributed by atoms with Crippen molar-refractivity contribution in [2.75, 3.05) is 19.8 Å². The molecular weight excluding hydrogens is 356 g/mol. The van der Waals surface area contributed by atoms with Crippen LogP contribution in [0.25, 0.3) is 22.5 Å². The highest BCUT2D eigenvalue weighted by Gasteiger charge is 2.13. The molecule has 7 nitrogen and oxygen atoms in total. The van der Waals surface area contributed by atoms with Crippen LogP contribution >= 0.6 is 0 Å². The van der Waals surface area contributed by atoms with Crippen LogP contribution in [0.15, 0.2) is 48.9 Å². The van der Waals surface area contributed by atoms with E-state index >= 15 is 0 Å². The predicted octanol–water partition coefficient (Wildman–Crippen LogP) is 2.31. The zero-order valence-electron chi connectivity index (χ0n) is 15.6. The van der Waals surface area contributed by atoms with Crippen LogP contribution in [-0.4, -0.2) is 51.2 Å². The number of nitrogens with zero attached hydrogens (tertiary/aromatic N) is 3. The van der Waals surface area contributed by atoms with Gasteiger partial charge in [0.2, 0.25) is 0 Å². The predicted molar refractivity (Wildman–Crippen MR) is 106 cm³/mol. The molecule has 1 aliphatic heterocycles. The van der Waals surface area contributed by atoms with Crippen LogP contribution < -0.4 is 5.32 Å². The number of imidazole rings is 1. The molecule has 4 rings (SSSR count). The molecule has 0 radical (unpaired) electrons. The quantitative estimate of drug-likeness (QED) is 0.711. The number of aliphatic hydroxyl groups excluding tert-OH is 1. The van der Waals surface area contributed by atoms with Gasteiger partial charge in [0.15, 0.2) is 0 Å². The van der Waals surface area contributed by atoms with E-state index < -0.39 is 6.10 Å². The van der Waals surface area contributed by atoms with Crippen LogP contribution in [0.2, 0.25) is 0 Å². The molecule has 0 bridgehead atoms. The van der Waals surface area contributed by atoms with Gasteiger partial charge in [0.1, 0.15) is 5.82 Å². The summed E-state index contributed by atoms with van der Waals surface area (Å²) in [4.78, 5) is 21.2. The third-order valence-corrected chi connectivity index (χ3v) is 4.67. The van der Waals surface area contributed by atoms with Gasteiger partial charge >= 0.3 is 0 Å². The minimum absolute atomic E-state index is 0.210. The molecule has 0 saturated heterocycles. The third-order valence-electron chi connectivity index (χ3n) is 4.67. The monoisotopic (exact) mass is 378 g/mol. The maximum atomic E-state index is 12.1. The van der Waals surface area contributed by atoms with Gasteiger partial charge in [-0.2, -0.15) is 0 Å². The van der Waals surface area contributed by atoms with Crippen LogP contribution in [-0.2, 0) is 4.74 Å². The molecule has 1 aromatic carbocycles. The number of hydrogen-bond donors (Lipinski definition) is 2. The van der Waals surface area contributed by atoms with Gasteiger partial charge in [0, 0.05) is 23.9 Å². The average Bonchev–Trinajstić information content (AvgIpc) is 3.16. The number of ether oxygens (including phenoxy) is 1. The minimum atomic E-state index is -0.576. The van der Waals surface area contributed by atoms with Crippen molar-refractivity contribution in [2.24, 2.45) is 0 Å². The van der Waals surface area contributed by atoms with Crippen molar-refractivity contribution in [3.05, 3.63) is 60.2 Å². The Morgan fingerprint density at radius 3 is 2.79 bits per heavy atom. The largest absolute Gasteiger partial charge is 0.392 e. The van der Waals surface area contributed by atoms with Gasteiger partial charge < -0.3 is 15.2 Å². The number of carbonyl (C=O) groups excluding carboxylic acids is 1. The maximum Gasteiger partial charge on any atom is 0.251 e. The molecule has 3 heterocycles. The summed E-state index contributed by atoms with van der Waals surface area (Å²) in [5, 5.41) is 12.0. The molecule has 3 aromatic rings. The van der Waals surface area contributed by atoms with Gasteiger partial charge in [-0.1, -0.05) is 18.2 Å². The first-order valence-corrected chi connectivity index (χ1v) is 9.29. The molecule has 1 aliphatic rings. The van der Waals surface area contributed by atoms with Crippen LogP contribution in [0.3, 0.4) is 0 Å². The molecule has 1 unspecified atom stereocenters. The highest BCUT2D eigenvalue weighted by Crippen LogP contribution is 2.24. The number of amides is 1. The lowest BCUT2D eigenvalue weighted by Crippen LogP contribution is -2.30. The topological polar surface area (TPSA) is 88.8 Å².